The van der Waals surface area contributed by atoms with Crippen LogP contribution in [0.15, 0.2) is 22.4 Å². The molecular formula is C10H9FOS2. The van der Waals surface area contributed by atoms with Crippen molar-refractivity contribution in [1.82, 2.24) is 0 Å². The number of ether oxygens (including phenoxy) is 1. The summed E-state index contributed by atoms with van der Waals surface area (Å²) in [5, 5.41) is 0.652. The summed E-state index contributed by atoms with van der Waals surface area (Å²) in [7, 11) is 1.58. The number of rotatable bonds is 2. The Balaban J connectivity index is 2.68. The molecule has 1 aromatic heterocycles. The van der Waals surface area contributed by atoms with Gasteiger partial charge in [-0.25, -0.2) is 4.39 Å². The minimum Gasteiger partial charge on any atom is -0.497 e. The zero-order valence-electron chi connectivity index (χ0n) is 7.83. The second-order valence-corrected chi connectivity index (χ2v) is 4.90. The highest BCUT2D eigenvalue weighted by atomic mass is 32.2. The third kappa shape index (κ3) is 1.48. The van der Waals surface area contributed by atoms with Crippen molar-refractivity contribution in [3.05, 3.63) is 24.0 Å². The number of thiophene rings is 1. The molecule has 0 N–H and O–H groups in total. The molecule has 2 aromatic rings. The highest BCUT2D eigenvalue weighted by Gasteiger charge is 2.11. The third-order valence-corrected chi connectivity index (χ3v) is 4.23. The first-order valence-electron chi connectivity index (χ1n) is 4.06. The fourth-order valence-corrected chi connectivity index (χ4v) is 2.97. The van der Waals surface area contributed by atoms with Gasteiger partial charge in [0.25, 0.3) is 0 Å². The van der Waals surface area contributed by atoms with Crippen molar-refractivity contribution in [2.24, 2.45) is 0 Å². The number of halogens is 1. The lowest BCUT2D eigenvalue weighted by molar-refractivity contribution is 0.415. The topological polar surface area (TPSA) is 9.23 Å². The lowest BCUT2D eigenvalue weighted by Crippen LogP contribution is -1.81. The molecule has 14 heavy (non-hydrogen) atoms. The van der Waals surface area contributed by atoms with E-state index in [-0.39, 0.29) is 5.82 Å². The smallest absolute Gasteiger partial charge is 0.155 e. The van der Waals surface area contributed by atoms with Crippen LogP contribution in [0.1, 0.15) is 0 Å². The van der Waals surface area contributed by atoms with E-state index in [1.54, 1.807) is 13.2 Å². The molecule has 1 heterocycles. The standard InChI is InChI=1S/C10H9FOS2/c1-12-6-3-4-8-7(5-6)9(11)10(13-2)14-8/h3-5H,1-2H3. The molecule has 0 saturated carbocycles. The third-order valence-electron chi connectivity index (χ3n) is 1.99. The Morgan fingerprint density at radius 2 is 2.21 bits per heavy atom. The first kappa shape index (κ1) is 9.80. The summed E-state index contributed by atoms with van der Waals surface area (Å²) in [5.41, 5.74) is 0. The molecule has 1 aromatic carbocycles. The largest absolute Gasteiger partial charge is 0.497 e. The van der Waals surface area contributed by atoms with Gasteiger partial charge in [-0.15, -0.1) is 23.1 Å². The molecule has 1 nitrogen and oxygen atoms in total. The van der Waals surface area contributed by atoms with Gasteiger partial charge >= 0.3 is 0 Å². The predicted molar refractivity (Wildman–Crippen MR) is 60.1 cm³/mol. The Hall–Kier alpha value is -0.740. The van der Waals surface area contributed by atoms with E-state index in [0.717, 1.165) is 8.91 Å². The van der Waals surface area contributed by atoms with Gasteiger partial charge < -0.3 is 4.74 Å². The number of benzene rings is 1. The molecule has 0 aliphatic rings. The molecule has 2 rings (SSSR count). The highest BCUT2D eigenvalue weighted by molar-refractivity contribution is 8.00. The van der Waals surface area contributed by atoms with Crippen LogP contribution in [-0.4, -0.2) is 13.4 Å². The number of thioether (sulfide) groups is 1. The van der Waals surface area contributed by atoms with Crippen LogP contribution in [0.3, 0.4) is 0 Å². The van der Waals surface area contributed by atoms with E-state index in [0.29, 0.717) is 11.1 Å². The molecular weight excluding hydrogens is 219 g/mol. The average molecular weight is 228 g/mol. The van der Waals surface area contributed by atoms with Crippen LogP contribution >= 0.6 is 23.1 Å². The van der Waals surface area contributed by atoms with E-state index < -0.39 is 0 Å². The summed E-state index contributed by atoms with van der Waals surface area (Å²) in [5.74, 6) is 0.568. The Morgan fingerprint density at radius 3 is 2.86 bits per heavy atom. The van der Waals surface area contributed by atoms with Gasteiger partial charge in [0.05, 0.1) is 11.3 Å². The fraction of sp³-hybridized carbons (Fsp3) is 0.200. The van der Waals surface area contributed by atoms with Gasteiger partial charge in [-0.05, 0) is 24.5 Å². The Bertz CT molecular complexity index is 464. The van der Waals surface area contributed by atoms with Gasteiger partial charge in [-0.2, -0.15) is 0 Å². The summed E-state index contributed by atoms with van der Waals surface area (Å²) in [6, 6.07) is 5.48. The number of hydrogen-bond acceptors (Lipinski definition) is 3. The minimum atomic E-state index is -0.128. The Kier molecular flexibility index (Phi) is 2.65. The van der Waals surface area contributed by atoms with E-state index in [4.69, 9.17) is 4.74 Å². The van der Waals surface area contributed by atoms with E-state index in [9.17, 15) is 4.39 Å². The average Bonchev–Trinajstić information content (AvgIpc) is 2.55. The number of fused-ring (bicyclic) bond motifs is 1. The van der Waals surface area contributed by atoms with Gasteiger partial charge in [0.2, 0.25) is 0 Å². The van der Waals surface area contributed by atoms with Crippen LogP contribution in [0.4, 0.5) is 4.39 Å². The first-order valence-corrected chi connectivity index (χ1v) is 6.10. The van der Waals surface area contributed by atoms with E-state index in [2.05, 4.69) is 0 Å². The molecule has 0 spiro atoms. The molecule has 0 saturated heterocycles. The van der Waals surface area contributed by atoms with Crippen molar-refractivity contribution < 1.29 is 9.13 Å². The summed E-state index contributed by atoms with van der Waals surface area (Å²) in [4.78, 5) is 0. The van der Waals surface area contributed by atoms with Crippen LogP contribution in [0, 0.1) is 5.82 Å². The van der Waals surface area contributed by atoms with E-state index in [1.165, 1.54) is 23.1 Å². The summed E-state index contributed by atoms with van der Waals surface area (Å²) in [6.45, 7) is 0. The zero-order chi connectivity index (χ0) is 10.1. The summed E-state index contributed by atoms with van der Waals surface area (Å²) in [6.07, 6.45) is 1.88. The molecule has 0 radical (unpaired) electrons. The zero-order valence-corrected chi connectivity index (χ0v) is 9.47. The Morgan fingerprint density at radius 1 is 1.43 bits per heavy atom. The second kappa shape index (κ2) is 3.79. The van der Waals surface area contributed by atoms with Crippen molar-refractivity contribution in [3.63, 3.8) is 0 Å². The molecule has 0 unspecified atom stereocenters. The van der Waals surface area contributed by atoms with Crippen molar-refractivity contribution >= 4 is 33.2 Å². The first-order chi connectivity index (χ1) is 6.76. The minimum absolute atomic E-state index is 0.128. The van der Waals surface area contributed by atoms with Gasteiger partial charge in [0, 0.05) is 10.1 Å². The quantitative estimate of drug-likeness (QED) is 0.724. The molecule has 0 bridgehead atoms. The van der Waals surface area contributed by atoms with Crippen LogP contribution in [0.5, 0.6) is 5.75 Å². The molecule has 0 atom stereocenters. The fourth-order valence-electron chi connectivity index (χ4n) is 1.28. The maximum Gasteiger partial charge on any atom is 0.155 e. The predicted octanol–water partition coefficient (Wildman–Crippen LogP) is 3.77. The lowest BCUT2D eigenvalue weighted by Gasteiger charge is -1.97. The molecule has 74 valence electrons. The van der Waals surface area contributed by atoms with Crippen molar-refractivity contribution in [2.45, 2.75) is 4.21 Å². The van der Waals surface area contributed by atoms with Crippen LogP contribution in [0.2, 0.25) is 0 Å². The van der Waals surface area contributed by atoms with Gasteiger partial charge in [-0.3, -0.25) is 0 Å². The molecule has 0 fully saturated rings. The van der Waals surface area contributed by atoms with Gasteiger partial charge in [-0.1, -0.05) is 0 Å². The normalized spacial score (nSPS) is 10.8. The van der Waals surface area contributed by atoms with Gasteiger partial charge in [0.15, 0.2) is 5.82 Å². The van der Waals surface area contributed by atoms with Crippen molar-refractivity contribution in [2.75, 3.05) is 13.4 Å². The monoisotopic (exact) mass is 228 g/mol. The number of hydrogen-bond donors (Lipinski definition) is 0. The van der Waals surface area contributed by atoms with E-state index >= 15 is 0 Å². The molecule has 4 heteroatoms. The van der Waals surface area contributed by atoms with Crippen LogP contribution in [0.25, 0.3) is 10.1 Å². The number of methoxy groups -OCH3 is 1. The van der Waals surface area contributed by atoms with Crippen LogP contribution < -0.4 is 4.74 Å². The summed E-state index contributed by atoms with van der Waals surface area (Å²) >= 11 is 2.91. The van der Waals surface area contributed by atoms with Crippen molar-refractivity contribution in [1.29, 1.82) is 0 Å². The SMILES string of the molecule is COc1ccc2sc(SC)c(F)c2c1. The van der Waals surface area contributed by atoms with Crippen molar-refractivity contribution in [3.8, 4) is 5.75 Å². The molecule has 0 aliphatic heterocycles. The second-order valence-electron chi connectivity index (χ2n) is 2.77. The maximum absolute atomic E-state index is 13.7. The maximum atomic E-state index is 13.7. The summed E-state index contributed by atoms with van der Waals surface area (Å²) < 4.78 is 20.4. The lowest BCUT2D eigenvalue weighted by atomic mass is 10.2. The Labute approximate surface area is 89.9 Å². The van der Waals surface area contributed by atoms with Crippen LogP contribution in [-0.2, 0) is 0 Å². The highest BCUT2D eigenvalue weighted by Crippen LogP contribution is 2.37. The van der Waals surface area contributed by atoms with E-state index in [1.807, 2.05) is 18.4 Å². The van der Waals surface area contributed by atoms with Gasteiger partial charge in [0.1, 0.15) is 5.75 Å². The molecule has 0 amide bonds. The molecule has 0 aliphatic carbocycles.